The summed E-state index contributed by atoms with van der Waals surface area (Å²) in [6.07, 6.45) is -4.46. The van der Waals surface area contributed by atoms with Crippen LogP contribution in [0.2, 0.25) is 0 Å². The van der Waals surface area contributed by atoms with Gasteiger partial charge in [-0.2, -0.15) is 0 Å². The Morgan fingerprint density at radius 1 is 0.652 bits per heavy atom. The molecule has 0 radical (unpaired) electrons. The first kappa shape index (κ1) is 41.9. The Balaban J connectivity index is 5.99. The topological polar surface area (TPSA) is 354 Å². The van der Waals surface area contributed by atoms with Crippen molar-refractivity contribution in [1.82, 2.24) is 26.6 Å². The van der Waals surface area contributed by atoms with E-state index >= 15 is 0 Å². The van der Waals surface area contributed by atoms with E-state index in [2.05, 4.69) is 31.6 Å². The zero-order valence-electron chi connectivity index (χ0n) is 26.5. The lowest BCUT2D eigenvalue weighted by Crippen LogP contribution is -2.63. The molecule has 20 nitrogen and oxygen atoms in total. The maximum atomic E-state index is 13.4. The number of aliphatic carboxylic acids is 1. The Morgan fingerprint density at radius 2 is 1.07 bits per heavy atom. The van der Waals surface area contributed by atoms with Crippen molar-refractivity contribution in [3.05, 3.63) is 0 Å². The van der Waals surface area contributed by atoms with E-state index in [1.165, 1.54) is 0 Å². The number of aliphatic imine (C=N–C) groups is 1. The molecule has 0 aliphatic heterocycles. The SMILES string of the molecule is CC(C)[C@H](NC(=O)[C@@H](NC(=O)[C@@H](NC(=O)[C@@H](N)CO)[C@@H](C)O)[C@@H](C)O)C(=O)N[C@@H](CCCN=C(N)N)C(=O)N[C@H](C(=O)O)[C@@H](C)O. The Kier molecular flexibility index (Phi) is 18.3. The lowest BCUT2D eigenvalue weighted by Gasteiger charge is -2.30. The first-order chi connectivity index (χ1) is 21.2. The fourth-order valence-electron chi connectivity index (χ4n) is 3.85. The van der Waals surface area contributed by atoms with Crippen molar-refractivity contribution in [1.29, 1.82) is 0 Å². The van der Waals surface area contributed by atoms with Gasteiger partial charge in [0, 0.05) is 6.54 Å². The number of aliphatic hydroxyl groups excluding tert-OH is 4. The van der Waals surface area contributed by atoms with Gasteiger partial charge in [-0.25, -0.2) is 4.79 Å². The minimum absolute atomic E-state index is 0.0562. The molecule has 0 aliphatic rings. The Bertz CT molecular complexity index is 1080. The second kappa shape index (κ2) is 20.1. The number of carbonyl (C=O) groups is 6. The Labute approximate surface area is 265 Å². The van der Waals surface area contributed by atoms with Crippen LogP contribution in [-0.2, 0) is 28.8 Å². The van der Waals surface area contributed by atoms with E-state index < -0.39 is 103 Å². The molecular formula is C26H49N9O11. The van der Waals surface area contributed by atoms with Crippen LogP contribution in [0.5, 0.6) is 0 Å². The third-order valence-corrected chi connectivity index (χ3v) is 6.53. The molecule has 0 spiro atoms. The number of aliphatic hydroxyl groups is 4. The molecule has 264 valence electrons. The van der Waals surface area contributed by atoms with Gasteiger partial charge in [0.2, 0.25) is 29.5 Å². The highest BCUT2D eigenvalue weighted by Gasteiger charge is 2.36. The summed E-state index contributed by atoms with van der Waals surface area (Å²) in [7, 11) is 0. The van der Waals surface area contributed by atoms with Crippen LogP contribution in [0.3, 0.4) is 0 Å². The molecule has 0 rings (SSSR count). The second-order valence-electron chi connectivity index (χ2n) is 11.0. The van der Waals surface area contributed by atoms with Crippen LogP contribution < -0.4 is 43.8 Å². The van der Waals surface area contributed by atoms with Gasteiger partial charge in [0.05, 0.1) is 24.9 Å². The van der Waals surface area contributed by atoms with Gasteiger partial charge in [-0.15, -0.1) is 0 Å². The smallest absolute Gasteiger partial charge is 0.328 e. The number of carbonyl (C=O) groups excluding carboxylic acids is 5. The number of nitrogens with one attached hydrogen (secondary N) is 5. The van der Waals surface area contributed by atoms with Crippen LogP contribution in [0.4, 0.5) is 0 Å². The highest BCUT2D eigenvalue weighted by molar-refractivity contribution is 5.96. The molecule has 0 aromatic rings. The number of rotatable bonds is 20. The second-order valence-corrected chi connectivity index (χ2v) is 11.0. The van der Waals surface area contributed by atoms with Gasteiger partial charge in [0.1, 0.15) is 30.2 Å². The van der Waals surface area contributed by atoms with Crippen LogP contribution in [0.25, 0.3) is 0 Å². The van der Waals surface area contributed by atoms with E-state index in [-0.39, 0.29) is 25.3 Å². The predicted octanol–water partition coefficient (Wildman–Crippen LogP) is -6.33. The van der Waals surface area contributed by atoms with Gasteiger partial charge in [-0.3, -0.25) is 29.0 Å². The van der Waals surface area contributed by atoms with Crippen molar-refractivity contribution in [2.24, 2.45) is 28.1 Å². The summed E-state index contributed by atoms with van der Waals surface area (Å²) in [6.45, 7) is 5.86. The number of guanidine groups is 1. The molecule has 9 atom stereocenters. The number of hydrogen-bond donors (Lipinski definition) is 13. The summed E-state index contributed by atoms with van der Waals surface area (Å²) in [5.74, 6) is -7.34. The zero-order valence-corrected chi connectivity index (χ0v) is 26.5. The maximum Gasteiger partial charge on any atom is 0.328 e. The van der Waals surface area contributed by atoms with Crippen molar-refractivity contribution in [2.45, 2.75) is 102 Å². The maximum absolute atomic E-state index is 13.4. The lowest BCUT2D eigenvalue weighted by molar-refractivity contribution is -0.145. The quantitative estimate of drug-likeness (QED) is 0.0327. The number of amides is 5. The minimum Gasteiger partial charge on any atom is -0.480 e. The number of nitrogens with zero attached hydrogens (tertiary/aromatic N) is 1. The van der Waals surface area contributed by atoms with E-state index in [1.807, 2.05) is 0 Å². The molecule has 0 aliphatic carbocycles. The molecule has 0 fully saturated rings. The highest BCUT2D eigenvalue weighted by atomic mass is 16.4. The largest absolute Gasteiger partial charge is 0.480 e. The highest BCUT2D eigenvalue weighted by Crippen LogP contribution is 2.08. The molecule has 0 aromatic heterocycles. The molecule has 5 amide bonds. The number of carboxylic acid groups (broad SMARTS) is 1. The van der Waals surface area contributed by atoms with Gasteiger partial charge >= 0.3 is 5.97 Å². The lowest BCUT2D eigenvalue weighted by atomic mass is 10.0. The van der Waals surface area contributed by atoms with E-state index in [0.29, 0.717) is 0 Å². The summed E-state index contributed by atoms with van der Waals surface area (Å²) in [6, 6.07) is -9.18. The molecule has 20 heteroatoms. The van der Waals surface area contributed by atoms with Gasteiger partial charge in [0.15, 0.2) is 12.0 Å². The van der Waals surface area contributed by atoms with Gasteiger partial charge < -0.3 is 69.3 Å². The van der Waals surface area contributed by atoms with Gasteiger partial charge in [-0.1, -0.05) is 13.8 Å². The van der Waals surface area contributed by atoms with Gasteiger partial charge in [0.25, 0.3) is 0 Å². The van der Waals surface area contributed by atoms with Crippen LogP contribution in [0, 0.1) is 5.92 Å². The average molecular weight is 664 g/mol. The normalized spacial score (nSPS) is 17.0. The van der Waals surface area contributed by atoms with Crippen molar-refractivity contribution in [2.75, 3.05) is 13.2 Å². The van der Waals surface area contributed by atoms with Crippen LogP contribution in [-0.4, -0.2) is 135 Å². The molecule has 46 heavy (non-hydrogen) atoms. The predicted molar refractivity (Wildman–Crippen MR) is 162 cm³/mol. The Hall–Kier alpha value is -4.11. The third-order valence-electron chi connectivity index (χ3n) is 6.53. The number of hydrogen-bond acceptors (Lipinski definition) is 12. The van der Waals surface area contributed by atoms with Crippen LogP contribution in [0.15, 0.2) is 4.99 Å². The van der Waals surface area contributed by atoms with Crippen LogP contribution >= 0.6 is 0 Å². The van der Waals surface area contributed by atoms with E-state index in [4.69, 9.17) is 22.3 Å². The van der Waals surface area contributed by atoms with Gasteiger partial charge in [-0.05, 0) is 39.5 Å². The summed E-state index contributed by atoms with van der Waals surface area (Å²) < 4.78 is 0. The third kappa shape index (κ3) is 14.3. The fraction of sp³-hybridized carbons (Fsp3) is 0.731. The summed E-state index contributed by atoms with van der Waals surface area (Å²) in [5, 5.41) is 59.8. The number of carboxylic acids is 1. The fourth-order valence-corrected chi connectivity index (χ4v) is 3.85. The van der Waals surface area contributed by atoms with Crippen molar-refractivity contribution >= 4 is 41.5 Å². The molecule has 0 bridgehead atoms. The molecular weight excluding hydrogens is 614 g/mol. The van der Waals surface area contributed by atoms with E-state index in [1.54, 1.807) is 13.8 Å². The first-order valence-corrected chi connectivity index (χ1v) is 14.5. The van der Waals surface area contributed by atoms with Crippen molar-refractivity contribution < 1.29 is 54.3 Å². The van der Waals surface area contributed by atoms with Crippen molar-refractivity contribution in [3.63, 3.8) is 0 Å². The number of nitrogens with two attached hydrogens (primary N) is 3. The molecule has 0 unspecified atom stereocenters. The summed E-state index contributed by atoms with van der Waals surface area (Å²) >= 11 is 0. The summed E-state index contributed by atoms with van der Waals surface area (Å²) in [5.41, 5.74) is 16.0. The molecule has 0 saturated carbocycles. The van der Waals surface area contributed by atoms with Crippen LogP contribution in [0.1, 0.15) is 47.5 Å². The first-order valence-electron chi connectivity index (χ1n) is 14.5. The van der Waals surface area contributed by atoms with Crippen molar-refractivity contribution in [3.8, 4) is 0 Å². The monoisotopic (exact) mass is 663 g/mol. The molecule has 0 saturated heterocycles. The average Bonchev–Trinajstić information content (AvgIpc) is 2.95. The minimum atomic E-state index is -1.70. The molecule has 0 heterocycles. The zero-order chi connectivity index (χ0) is 35.9. The summed E-state index contributed by atoms with van der Waals surface area (Å²) in [4.78, 5) is 79.8. The molecule has 16 N–H and O–H groups in total. The molecule has 0 aromatic carbocycles. The standard InChI is InChI=1S/C26H49N9O11/c1-10(2)16(22(42)31-15(7-6-8-30-26(28)29)21(41)35-19(13(5)39)25(45)46)32-23(43)18(12(4)38)34-24(44)17(11(3)37)33-20(40)14(27)9-36/h10-19,36-39H,6-9,27H2,1-5H3,(H,31,42)(H,32,43)(H,33,40)(H,34,44)(H,35,41)(H,45,46)(H4,28,29,30)/t11-,12-,13-,14+,15+,16+,17+,18+,19+/m1/s1. The van der Waals surface area contributed by atoms with E-state index in [0.717, 1.165) is 20.8 Å². The van der Waals surface area contributed by atoms with E-state index in [9.17, 15) is 49.2 Å². The Morgan fingerprint density at radius 3 is 1.46 bits per heavy atom.